The highest BCUT2D eigenvalue weighted by Gasteiger charge is 2.23. The first-order valence-corrected chi connectivity index (χ1v) is 7.21. The average Bonchev–Trinajstić information content (AvgIpc) is 2.46. The van der Waals surface area contributed by atoms with Gasteiger partial charge >= 0.3 is 0 Å². The van der Waals surface area contributed by atoms with Gasteiger partial charge in [0.05, 0.1) is 12.7 Å². The Morgan fingerprint density at radius 3 is 3.00 bits per heavy atom. The van der Waals surface area contributed by atoms with Crippen molar-refractivity contribution in [3.8, 4) is 0 Å². The summed E-state index contributed by atoms with van der Waals surface area (Å²) >= 11 is 6.10. The van der Waals surface area contributed by atoms with E-state index in [1.54, 1.807) is 0 Å². The van der Waals surface area contributed by atoms with E-state index in [4.69, 9.17) is 16.3 Å². The van der Waals surface area contributed by atoms with Crippen LogP contribution in [0.3, 0.4) is 0 Å². The molecule has 2 rings (SSSR count). The first-order chi connectivity index (χ1) is 9.20. The number of carbonyl (C=O) groups is 1. The highest BCUT2D eigenvalue weighted by atomic mass is 35.5. The van der Waals surface area contributed by atoms with Crippen LogP contribution < -0.4 is 0 Å². The molecule has 1 atom stereocenters. The van der Waals surface area contributed by atoms with E-state index >= 15 is 0 Å². The lowest BCUT2D eigenvalue weighted by molar-refractivity contribution is -0.135. The monoisotopic (exact) mass is 281 g/mol. The van der Waals surface area contributed by atoms with Crippen LogP contribution in [0.25, 0.3) is 0 Å². The summed E-state index contributed by atoms with van der Waals surface area (Å²) in [5.74, 6) is 0.214. The second kappa shape index (κ2) is 6.92. The van der Waals surface area contributed by atoms with Gasteiger partial charge < -0.3 is 9.64 Å². The lowest BCUT2D eigenvalue weighted by Crippen LogP contribution is -2.42. The predicted molar refractivity (Wildman–Crippen MR) is 76.1 cm³/mol. The molecule has 19 heavy (non-hydrogen) atoms. The maximum Gasteiger partial charge on any atom is 0.222 e. The Labute approximate surface area is 119 Å². The van der Waals surface area contributed by atoms with Crippen molar-refractivity contribution in [2.45, 2.75) is 38.9 Å². The van der Waals surface area contributed by atoms with E-state index in [-0.39, 0.29) is 12.0 Å². The van der Waals surface area contributed by atoms with Crippen LogP contribution in [0, 0.1) is 0 Å². The number of hydrogen-bond donors (Lipinski definition) is 0. The summed E-state index contributed by atoms with van der Waals surface area (Å²) < 4.78 is 5.90. The third-order valence-electron chi connectivity index (χ3n) is 3.47. The highest BCUT2D eigenvalue weighted by Crippen LogP contribution is 2.19. The lowest BCUT2D eigenvalue weighted by atomic mass is 10.1. The molecule has 3 nitrogen and oxygen atoms in total. The molecule has 0 bridgehead atoms. The van der Waals surface area contributed by atoms with Gasteiger partial charge in [-0.05, 0) is 24.5 Å². The molecule has 1 heterocycles. The van der Waals surface area contributed by atoms with Gasteiger partial charge in [0.15, 0.2) is 0 Å². The molecule has 1 aromatic rings. The number of ether oxygens (including phenoxy) is 1. The summed E-state index contributed by atoms with van der Waals surface area (Å²) in [5, 5.41) is 0.736. The summed E-state index contributed by atoms with van der Waals surface area (Å²) in [6.07, 6.45) is 2.72. The van der Waals surface area contributed by atoms with Crippen LogP contribution >= 0.6 is 11.6 Å². The van der Waals surface area contributed by atoms with Crippen molar-refractivity contribution in [2.24, 2.45) is 0 Å². The van der Waals surface area contributed by atoms with E-state index in [0.717, 1.165) is 30.0 Å². The van der Waals surface area contributed by atoms with Crippen molar-refractivity contribution in [1.82, 2.24) is 4.90 Å². The van der Waals surface area contributed by atoms with Gasteiger partial charge in [-0.2, -0.15) is 0 Å². The number of benzene rings is 1. The molecule has 0 radical (unpaired) electrons. The molecule has 4 heteroatoms. The summed E-state index contributed by atoms with van der Waals surface area (Å²) in [6, 6.07) is 7.71. The topological polar surface area (TPSA) is 29.5 Å². The Balaban J connectivity index is 1.86. The molecular weight excluding hydrogens is 262 g/mol. The van der Waals surface area contributed by atoms with Crippen molar-refractivity contribution in [3.05, 3.63) is 34.9 Å². The normalized spacial score (nSPS) is 19.5. The van der Waals surface area contributed by atoms with Crippen LogP contribution in [0.5, 0.6) is 0 Å². The number of piperidine rings is 1. The molecule has 1 aliphatic rings. The second-order valence-electron chi connectivity index (χ2n) is 4.86. The van der Waals surface area contributed by atoms with Crippen LogP contribution in [0.1, 0.15) is 31.7 Å². The minimum atomic E-state index is 0.125. The van der Waals surface area contributed by atoms with Gasteiger partial charge in [-0.25, -0.2) is 0 Å². The van der Waals surface area contributed by atoms with Gasteiger partial charge in [-0.15, -0.1) is 0 Å². The number of likely N-dealkylation sites (tertiary alicyclic amines) is 1. The summed E-state index contributed by atoms with van der Waals surface area (Å²) in [6.45, 7) is 3.98. The Hall–Kier alpha value is -1.06. The number of hydrogen-bond acceptors (Lipinski definition) is 2. The highest BCUT2D eigenvalue weighted by molar-refractivity contribution is 6.31. The number of halogens is 1. The van der Waals surface area contributed by atoms with E-state index in [9.17, 15) is 4.79 Å². The fourth-order valence-corrected chi connectivity index (χ4v) is 2.54. The molecule has 1 aliphatic heterocycles. The van der Waals surface area contributed by atoms with Crippen LogP contribution in [0.15, 0.2) is 24.3 Å². The third kappa shape index (κ3) is 3.95. The zero-order chi connectivity index (χ0) is 13.7. The van der Waals surface area contributed by atoms with Crippen LogP contribution in [0.2, 0.25) is 5.02 Å². The molecule has 1 amide bonds. The molecule has 0 aromatic heterocycles. The van der Waals surface area contributed by atoms with Gasteiger partial charge in [0.1, 0.15) is 0 Å². The molecule has 0 aliphatic carbocycles. The van der Waals surface area contributed by atoms with Gasteiger partial charge in [0, 0.05) is 24.5 Å². The van der Waals surface area contributed by atoms with E-state index in [1.165, 1.54) is 0 Å². The summed E-state index contributed by atoms with van der Waals surface area (Å²) in [5.41, 5.74) is 1.00. The molecule has 104 valence electrons. The fraction of sp³-hybridized carbons (Fsp3) is 0.533. The Bertz CT molecular complexity index is 436. The minimum absolute atomic E-state index is 0.125. The zero-order valence-electron chi connectivity index (χ0n) is 11.3. The van der Waals surface area contributed by atoms with Gasteiger partial charge in [-0.3, -0.25) is 4.79 Å². The fourth-order valence-electron chi connectivity index (χ4n) is 2.35. The quantitative estimate of drug-likeness (QED) is 0.848. The Morgan fingerprint density at radius 2 is 2.26 bits per heavy atom. The van der Waals surface area contributed by atoms with Gasteiger partial charge in [0.25, 0.3) is 0 Å². The van der Waals surface area contributed by atoms with Crippen LogP contribution in [0.4, 0.5) is 0 Å². The van der Waals surface area contributed by atoms with Crippen molar-refractivity contribution in [3.63, 3.8) is 0 Å². The zero-order valence-corrected chi connectivity index (χ0v) is 12.0. The van der Waals surface area contributed by atoms with Crippen LogP contribution in [-0.2, 0) is 16.1 Å². The molecule has 0 spiro atoms. The van der Waals surface area contributed by atoms with Gasteiger partial charge in [-0.1, -0.05) is 36.7 Å². The number of nitrogens with zero attached hydrogens (tertiary/aromatic N) is 1. The predicted octanol–water partition coefficient (Wildman–Crippen LogP) is 3.26. The summed E-state index contributed by atoms with van der Waals surface area (Å²) in [7, 11) is 0. The molecule has 1 aromatic carbocycles. The molecule has 0 saturated carbocycles. The van der Waals surface area contributed by atoms with E-state index in [1.807, 2.05) is 36.1 Å². The van der Waals surface area contributed by atoms with Crippen LogP contribution in [-0.4, -0.2) is 30.0 Å². The van der Waals surface area contributed by atoms with E-state index in [0.29, 0.717) is 19.6 Å². The standard InChI is InChI=1S/C15H20ClNO2/c1-2-15(18)17-9-5-7-13(10-17)19-11-12-6-3-4-8-14(12)16/h3-4,6,8,13H,2,5,7,9-11H2,1H3/t13-/m1/s1. The van der Waals surface area contributed by atoms with Crippen molar-refractivity contribution >= 4 is 17.5 Å². The van der Waals surface area contributed by atoms with Crippen molar-refractivity contribution < 1.29 is 9.53 Å². The number of carbonyl (C=O) groups excluding carboxylic acids is 1. The lowest BCUT2D eigenvalue weighted by Gasteiger charge is -2.32. The molecular formula is C15H20ClNO2. The number of rotatable bonds is 4. The van der Waals surface area contributed by atoms with Crippen molar-refractivity contribution in [1.29, 1.82) is 0 Å². The average molecular weight is 282 g/mol. The first kappa shape index (κ1) is 14.4. The third-order valence-corrected chi connectivity index (χ3v) is 3.83. The second-order valence-corrected chi connectivity index (χ2v) is 5.27. The van der Waals surface area contributed by atoms with E-state index in [2.05, 4.69) is 0 Å². The SMILES string of the molecule is CCC(=O)N1CCC[C@@H](OCc2ccccc2Cl)C1. The molecule has 0 N–H and O–H groups in total. The summed E-state index contributed by atoms with van der Waals surface area (Å²) in [4.78, 5) is 13.6. The molecule has 0 unspecified atom stereocenters. The molecule has 1 fully saturated rings. The first-order valence-electron chi connectivity index (χ1n) is 6.83. The van der Waals surface area contributed by atoms with Gasteiger partial charge in [0.2, 0.25) is 5.91 Å². The molecule has 1 saturated heterocycles. The van der Waals surface area contributed by atoms with E-state index < -0.39 is 0 Å². The smallest absolute Gasteiger partial charge is 0.222 e. The van der Waals surface area contributed by atoms with Crippen molar-refractivity contribution in [2.75, 3.05) is 13.1 Å². The Morgan fingerprint density at radius 1 is 1.47 bits per heavy atom. The maximum absolute atomic E-state index is 11.7. The maximum atomic E-state index is 11.7. The largest absolute Gasteiger partial charge is 0.372 e. The minimum Gasteiger partial charge on any atom is -0.372 e. The Kier molecular flexibility index (Phi) is 5.23. The number of amides is 1.